The van der Waals surface area contributed by atoms with Gasteiger partial charge in [-0.25, -0.2) is 0 Å². The molecule has 0 aromatic carbocycles. The summed E-state index contributed by atoms with van der Waals surface area (Å²) in [6.45, 7) is 7.46. The Bertz CT molecular complexity index is 530. The van der Waals surface area contributed by atoms with Crippen molar-refractivity contribution in [2.24, 2.45) is 5.41 Å². The molecule has 0 saturated heterocycles. The van der Waals surface area contributed by atoms with Crippen molar-refractivity contribution in [3.05, 3.63) is 21.9 Å². The molecule has 1 N–H and O–H groups in total. The lowest BCUT2D eigenvalue weighted by Gasteiger charge is -2.31. The Morgan fingerprint density at radius 3 is 2.95 bits per heavy atom. The van der Waals surface area contributed by atoms with E-state index >= 15 is 0 Å². The van der Waals surface area contributed by atoms with E-state index in [-0.39, 0.29) is 5.41 Å². The quantitative estimate of drug-likeness (QED) is 0.845. The molecule has 0 bridgehead atoms. The van der Waals surface area contributed by atoms with E-state index in [1.165, 1.54) is 4.88 Å². The van der Waals surface area contributed by atoms with Crippen LogP contribution < -0.4 is 0 Å². The van der Waals surface area contributed by atoms with Crippen molar-refractivity contribution in [3.63, 3.8) is 0 Å². The van der Waals surface area contributed by atoms with Crippen LogP contribution in [0, 0.1) is 17.3 Å². The number of hydrogen-bond acceptors (Lipinski definition) is 3. The maximum absolute atomic E-state index is 11.5. The summed E-state index contributed by atoms with van der Waals surface area (Å²) in [4.78, 5) is 14.7. The summed E-state index contributed by atoms with van der Waals surface area (Å²) in [5, 5.41) is 11.4. The Kier molecular flexibility index (Phi) is 3.98. The first-order valence-electron chi connectivity index (χ1n) is 6.41. The molecule has 1 aromatic rings. The van der Waals surface area contributed by atoms with Crippen molar-refractivity contribution in [3.8, 4) is 11.8 Å². The van der Waals surface area contributed by atoms with E-state index in [2.05, 4.69) is 32.6 Å². The Balaban J connectivity index is 2.17. The molecule has 0 radical (unpaired) electrons. The van der Waals surface area contributed by atoms with Crippen LogP contribution in [-0.4, -0.2) is 29.1 Å². The fourth-order valence-corrected chi connectivity index (χ4v) is 3.14. The Morgan fingerprint density at radius 1 is 1.58 bits per heavy atom. The van der Waals surface area contributed by atoms with Crippen LogP contribution in [0.3, 0.4) is 0 Å². The molecular formula is C15H19NO2S. The summed E-state index contributed by atoms with van der Waals surface area (Å²) in [5.41, 5.74) is 0.906. The molecule has 1 aliphatic heterocycles. The number of rotatable bonds is 2. The van der Waals surface area contributed by atoms with E-state index in [4.69, 9.17) is 0 Å². The summed E-state index contributed by atoms with van der Waals surface area (Å²) in [6.07, 6.45) is 0.925. The van der Waals surface area contributed by atoms with Crippen LogP contribution in [-0.2, 0) is 11.2 Å². The van der Waals surface area contributed by atoms with Crippen LogP contribution in [0.15, 0.2) is 11.4 Å². The predicted octanol–water partition coefficient (Wildman–Crippen LogP) is 2.78. The fraction of sp³-hybridized carbons (Fsp3) is 0.533. The van der Waals surface area contributed by atoms with Gasteiger partial charge < -0.3 is 5.11 Å². The zero-order valence-corrected chi connectivity index (χ0v) is 12.4. The molecule has 19 heavy (non-hydrogen) atoms. The van der Waals surface area contributed by atoms with E-state index in [1.54, 1.807) is 11.3 Å². The second kappa shape index (κ2) is 5.36. The van der Waals surface area contributed by atoms with Gasteiger partial charge >= 0.3 is 5.97 Å². The zero-order chi connectivity index (χ0) is 14.0. The van der Waals surface area contributed by atoms with Crippen LogP contribution in [0.5, 0.6) is 0 Å². The van der Waals surface area contributed by atoms with Crippen molar-refractivity contribution in [2.75, 3.05) is 13.1 Å². The minimum atomic E-state index is -0.781. The largest absolute Gasteiger partial charge is 0.480 e. The Labute approximate surface area is 118 Å². The molecule has 0 spiro atoms. The van der Waals surface area contributed by atoms with Crippen LogP contribution >= 0.6 is 11.3 Å². The van der Waals surface area contributed by atoms with Crippen LogP contribution in [0.2, 0.25) is 0 Å². The molecule has 1 atom stereocenters. The van der Waals surface area contributed by atoms with Gasteiger partial charge in [0.1, 0.15) is 6.04 Å². The van der Waals surface area contributed by atoms with Gasteiger partial charge in [0.05, 0.1) is 6.54 Å². The highest BCUT2D eigenvalue weighted by molar-refractivity contribution is 7.10. The fourth-order valence-electron chi connectivity index (χ4n) is 2.23. The third kappa shape index (κ3) is 3.37. The van der Waals surface area contributed by atoms with Gasteiger partial charge in [0.2, 0.25) is 0 Å². The first-order valence-corrected chi connectivity index (χ1v) is 7.29. The topological polar surface area (TPSA) is 40.5 Å². The van der Waals surface area contributed by atoms with Gasteiger partial charge in [-0.05, 0) is 44.2 Å². The number of nitrogens with zero attached hydrogens (tertiary/aromatic N) is 1. The molecule has 2 rings (SSSR count). The maximum atomic E-state index is 11.5. The van der Waals surface area contributed by atoms with E-state index in [9.17, 15) is 9.90 Å². The van der Waals surface area contributed by atoms with Crippen LogP contribution in [0.1, 0.15) is 37.3 Å². The second-order valence-electron chi connectivity index (χ2n) is 5.81. The van der Waals surface area contributed by atoms with Crippen molar-refractivity contribution >= 4 is 17.3 Å². The average Bonchev–Trinajstić information content (AvgIpc) is 2.74. The molecule has 102 valence electrons. The zero-order valence-electron chi connectivity index (χ0n) is 11.6. The van der Waals surface area contributed by atoms with Gasteiger partial charge in [-0.3, -0.25) is 9.69 Å². The molecule has 1 aromatic heterocycles. The number of aliphatic carboxylic acids is 1. The van der Waals surface area contributed by atoms with E-state index in [0.29, 0.717) is 6.54 Å². The lowest BCUT2D eigenvalue weighted by Crippen LogP contribution is -2.39. The molecule has 0 amide bonds. The minimum absolute atomic E-state index is 0.0396. The molecule has 2 heterocycles. The van der Waals surface area contributed by atoms with Gasteiger partial charge in [0, 0.05) is 16.8 Å². The summed E-state index contributed by atoms with van der Waals surface area (Å²) >= 11 is 1.65. The third-order valence-electron chi connectivity index (χ3n) is 3.05. The standard InChI is InChI=1S/C15H19NO2S/c1-15(2,3)7-4-8-16-9-5-12-11(6-10-19-12)13(16)14(17)18/h6,10,13H,5,8-9H2,1-3H3,(H,17,18). The van der Waals surface area contributed by atoms with Gasteiger partial charge in [-0.15, -0.1) is 11.3 Å². The Hall–Kier alpha value is -1.31. The van der Waals surface area contributed by atoms with Gasteiger partial charge in [0.15, 0.2) is 0 Å². The highest BCUT2D eigenvalue weighted by atomic mass is 32.1. The number of hydrogen-bond donors (Lipinski definition) is 1. The van der Waals surface area contributed by atoms with Gasteiger partial charge in [0.25, 0.3) is 0 Å². The summed E-state index contributed by atoms with van der Waals surface area (Å²) in [5.74, 6) is 5.50. The molecule has 3 nitrogen and oxygen atoms in total. The second-order valence-corrected chi connectivity index (χ2v) is 6.81. The molecule has 1 aliphatic rings. The summed E-state index contributed by atoms with van der Waals surface area (Å²) in [7, 11) is 0. The highest BCUT2D eigenvalue weighted by Crippen LogP contribution is 2.33. The SMILES string of the molecule is CC(C)(C)C#CCN1CCc2sccc2C1C(=O)O. The van der Waals surface area contributed by atoms with E-state index in [1.807, 2.05) is 16.3 Å². The van der Waals surface area contributed by atoms with Crippen molar-refractivity contribution in [1.82, 2.24) is 4.90 Å². The maximum Gasteiger partial charge on any atom is 0.325 e. The summed E-state index contributed by atoms with van der Waals surface area (Å²) in [6, 6.07) is 1.39. The summed E-state index contributed by atoms with van der Waals surface area (Å²) < 4.78 is 0. The van der Waals surface area contributed by atoms with E-state index in [0.717, 1.165) is 18.5 Å². The number of carboxylic acid groups (broad SMARTS) is 1. The number of carbonyl (C=O) groups is 1. The monoisotopic (exact) mass is 277 g/mol. The average molecular weight is 277 g/mol. The van der Waals surface area contributed by atoms with Gasteiger partial charge in [-0.1, -0.05) is 11.8 Å². The lowest BCUT2D eigenvalue weighted by atomic mass is 9.97. The number of fused-ring (bicyclic) bond motifs is 1. The minimum Gasteiger partial charge on any atom is -0.480 e. The normalized spacial score (nSPS) is 19.4. The van der Waals surface area contributed by atoms with Crippen LogP contribution in [0.4, 0.5) is 0 Å². The molecule has 1 unspecified atom stereocenters. The molecular weight excluding hydrogens is 258 g/mol. The molecule has 0 saturated carbocycles. The predicted molar refractivity (Wildman–Crippen MR) is 77.2 cm³/mol. The number of thiophene rings is 1. The third-order valence-corrected chi connectivity index (χ3v) is 4.04. The van der Waals surface area contributed by atoms with Crippen LogP contribution in [0.25, 0.3) is 0 Å². The van der Waals surface area contributed by atoms with E-state index < -0.39 is 12.0 Å². The van der Waals surface area contributed by atoms with Gasteiger partial charge in [-0.2, -0.15) is 0 Å². The van der Waals surface area contributed by atoms with Crippen molar-refractivity contribution in [1.29, 1.82) is 0 Å². The molecule has 0 aliphatic carbocycles. The number of carboxylic acids is 1. The molecule has 0 fully saturated rings. The highest BCUT2D eigenvalue weighted by Gasteiger charge is 2.33. The Morgan fingerprint density at radius 2 is 2.32 bits per heavy atom. The lowest BCUT2D eigenvalue weighted by molar-refractivity contribution is -0.143. The van der Waals surface area contributed by atoms with Crippen molar-refractivity contribution < 1.29 is 9.90 Å². The molecule has 4 heteroatoms. The first-order chi connectivity index (χ1) is 8.88. The van der Waals surface area contributed by atoms with Crippen molar-refractivity contribution in [2.45, 2.75) is 33.2 Å². The smallest absolute Gasteiger partial charge is 0.325 e. The first kappa shape index (κ1) is 14.1.